The highest BCUT2D eigenvalue weighted by molar-refractivity contribution is 4.89. The number of hydrogen-bond donors (Lipinski definition) is 2. The lowest BCUT2D eigenvalue weighted by Gasteiger charge is -2.23. The minimum absolute atomic E-state index is 0.0585. The van der Waals surface area contributed by atoms with Crippen molar-refractivity contribution >= 4 is 0 Å². The van der Waals surface area contributed by atoms with E-state index in [1.807, 2.05) is 0 Å². The van der Waals surface area contributed by atoms with E-state index < -0.39 is 12.6 Å². The van der Waals surface area contributed by atoms with Crippen LogP contribution in [0.15, 0.2) is 0 Å². The highest BCUT2D eigenvalue weighted by atomic mass is 19.4. The summed E-state index contributed by atoms with van der Waals surface area (Å²) in [5.74, 6) is 0. The van der Waals surface area contributed by atoms with Crippen LogP contribution in [0.1, 0.15) is 44.9 Å². The largest absolute Gasteiger partial charge is 0.389 e. The normalized spacial score (nSPS) is 20.2. The third-order valence-electron chi connectivity index (χ3n) is 3.21. The van der Waals surface area contributed by atoms with E-state index in [0.717, 1.165) is 25.8 Å². The van der Waals surface area contributed by atoms with E-state index in [9.17, 15) is 13.2 Å². The molecule has 1 aliphatic carbocycles. The minimum atomic E-state index is -4.03. The lowest BCUT2D eigenvalue weighted by molar-refractivity contribution is -0.135. The molecule has 3 N–H and O–H groups in total. The van der Waals surface area contributed by atoms with E-state index in [4.69, 9.17) is 5.73 Å². The minimum Gasteiger partial charge on any atom is -0.325 e. The first kappa shape index (κ1) is 13.8. The van der Waals surface area contributed by atoms with Crippen LogP contribution in [0.4, 0.5) is 13.2 Å². The van der Waals surface area contributed by atoms with Crippen molar-refractivity contribution in [2.45, 2.75) is 56.7 Å². The summed E-state index contributed by atoms with van der Waals surface area (Å²) >= 11 is 0. The quantitative estimate of drug-likeness (QED) is 0.698. The molecule has 0 aromatic carbocycles. The molecule has 5 heteroatoms. The van der Waals surface area contributed by atoms with Crippen molar-refractivity contribution in [3.63, 3.8) is 0 Å². The standard InChI is InChI=1S/C11H21F3N2/c12-11(13,14)6-3-8-16-9-7-10(15)4-1-2-5-10/h16H,1-9,15H2. The molecular formula is C11H21F3N2. The van der Waals surface area contributed by atoms with E-state index in [2.05, 4.69) is 5.32 Å². The van der Waals surface area contributed by atoms with E-state index in [1.54, 1.807) is 0 Å². The Morgan fingerprint density at radius 3 is 2.31 bits per heavy atom. The van der Waals surface area contributed by atoms with Gasteiger partial charge in [0.05, 0.1) is 0 Å². The van der Waals surface area contributed by atoms with Gasteiger partial charge in [-0.05, 0) is 38.8 Å². The fourth-order valence-electron chi connectivity index (χ4n) is 2.21. The molecule has 16 heavy (non-hydrogen) atoms. The molecule has 0 radical (unpaired) electrons. The van der Waals surface area contributed by atoms with Crippen molar-refractivity contribution in [2.75, 3.05) is 13.1 Å². The molecule has 96 valence electrons. The zero-order valence-corrected chi connectivity index (χ0v) is 9.58. The number of halogens is 3. The first-order valence-corrected chi connectivity index (χ1v) is 5.98. The molecule has 1 rings (SSSR count). The third-order valence-corrected chi connectivity index (χ3v) is 3.21. The Morgan fingerprint density at radius 2 is 1.75 bits per heavy atom. The predicted molar refractivity (Wildman–Crippen MR) is 58.2 cm³/mol. The lowest BCUT2D eigenvalue weighted by Crippen LogP contribution is -2.39. The van der Waals surface area contributed by atoms with Crippen LogP contribution in [0.25, 0.3) is 0 Å². The maximum atomic E-state index is 11.8. The maximum Gasteiger partial charge on any atom is 0.389 e. The third kappa shape index (κ3) is 5.70. The van der Waals surface area contributed by atoms with Crippen LogP contribution in [0.2, 0.25) is 0 Å². The smallest absolute Gasteiger partial charge is 0.325 e. The van der Waals surface area contributed by atoms with Crippen LogP contribution in [0.5, 0.6) is 0 Å². The average Bonchev–Trinajstić information content (AvgIpc) is 2.57. The topological polar surface area (TPSA) is 38.0 Å². The van der Waals surface area contributed by atoms with Crippen molar-refractivity contribution in [3.05, 3.63) is 0 Å². The Hall–Kier alpha value is -0.290. The van der Waals surface area contributed by atoms with Gasteiger partial charge in [0.25, 0.3) is 0 Å². The van der Waals surface area contributed by atoms with Gasteiger partial charge in [0.15, 0.2) is 0 Å². The van der Waals surface area contributed by atoms with Crippen LogP contribution < -0.4 is 11.1 Å². The Morgan fingerprint density at radius 1 is 1.12 bits per heavy atom. The summed E-state index contributed by atoms with van der Waals surface area (Å²) in [7, 11) is 0. The first-order chi connectivity index (χ1) is 7.41. The van der Waals surface area contributed by atoms with Crippen molar-refractivity contribution in [1.82, 2.24) is 5.32 Å². The van der Waals surface area contributed by atoms with E-state index in [0.29, 0.717) is 6.54 Å². The molecule has 0 heterocycles. The summed E-state index contributed by atoms with van der Waals surface area (Å²) in [6.07, 6.45) is 0.777. The summed E-state index contributed by atoms with van der Waals surface area (Å²) < 4.78 is 35.5. The zero-order chi connectivity index (χ0) is 12.1. The van der Waals surface area contributed by atoms with Gasteiger partial charge < -0.3 is 11.1 Å². The van der Waals surface area contributed by atoms with E-state index in [1.165, 1.54) is 12.8 Å². The maximum absolute atomic E-state index is 11.8. The summed E-state index contributed by atoms with van der Waals surface area (Å²) in [6, 6.07) is 0. The molecule has 2 nitrogen and oxygen atoms in total. The average molecular weight is 238 g/mol. The number of nitrogens with two attached hydrogens (primary N) is 1. The fraction of sp³-hybridized carbons (Fsp3) is 1.00. The fourth-order valence-corrected chi connectivity index (χ4v) is 2.21. The van der Waals surface area contributed by atoms with Crippen LogP contribution in [-0.4, -0.2) is 24.8 Å². The first-order valence-electron chi connectivity index (χ1n) is 5.98. The second-order valence-electron chi connectivity index (χ2n) is 4.79. The van der Waals surface area contributed by atoms with Crippen molar-refractivity contribution in [1.29, 1.82) is 0 Å². The van der Waals surface area contributed by atoms with Gasteiger partial charge in [0.2, 0.25) is 0 Å². The highest BCUT2D eigenvalue weighted by Gasteiger charge is 2.28. The summed E-state index contributed by atoms with van der Waals surface area (Å²) in [4.78, 5) is 0. The molecule has 1 saturated carbocycles. The molecule has 1 aliphatic rings. The SMILES string of the molecule is NC1(CCNCCCC(F)(F)F)CCCC1. The van der Waals surface area contributed by atoms with Gasteiger partial charge in [0.1, 0.15) is 0 Å². The second-order valence-corrected chi connectivity index (χ2v) is 4.79. The molecule has 1 fully saturated rings. The predicted octanol–water partition coefficient (Wildman–Crippen LogP) is 2.58. The molecule has 0 unspecified atom stereocenters. The lowest BCUT2D eigenvalue weighted by atomic mass is 9.95. The molecule has 0 aliphatic heterocycles. The van der Waals surface area contributed by atoms with Gasteiger partial charge >= 0.3 is 6.18 Å². The van der Waals surface area contributed by atoms with E-state index in [-0.39, 0.29) is 12.0 Å². The highest BCUT2D eigenvalue weighted by Crippen LogP contribution is 2.29. The van der Waals surface area contributed by atoms with Gasteiger partial charge in [-0.2, -0.15) is 13.2 Å². The van der Waals surface area contributed by atoms with Gasteiger partial charge in [-0.25, -0.2) is 0 Å². The van der Waals surface area contributed by atoms with Gasteiger partial charge in [-0.3, -0.25) is 0 Å². The molecule has 0 aromatic rings. The molecule has 0 bridgehead atoms. The Balaban J connectivity index is 1.96. The van der Waals surface area contributed by atoms with Crippen LogP contribution in [0, 0.1) is 0 Å². The summed E-state index contributed by atoms with van der Waals surface area (Å²) in [5.41, 5.74) is 6.06. The molecule has 0 atom stereocenters. The van der Waals surface area contributed by atoms with Gasteiger partial charge in [-0.15, -0.1) is 0 Å². The van der Waals surface area contributed by atoms with Crippen LogP contribution in [0.3, 0.4) is 0 Å². The number of hydrogen-bond acceptors (Lipinski definition) is 2. The number of rotatable bonds is 6. The van der Waals surface area contributed by atoms with Gasteiger partial charge in [-0.1, -0.05) is 12.8 Å². The molecule has 0 amide bonds. The van der Waals surface area contributed by atoms with Crippen LogP contribution >= 0.6 is 0 Å². The molecule has 0 saturated heterocycles. The monoisotopic (exact) mass is 238 g/mol. The molecule has 0 aromatic heterocycles. The summed E-state index contributed by atoms with van der Waals surface area (Å²) in [5, 5.41) is 3.03. The second kappa shape index (κ2) is 5.87. The summed E-state index contributed by atoms with van der Waals surface area (Å²) in [6.45, 7) is 1.16. The Bertz CT molecular complexity index is 198. The van der Waals surface area contributed by atoms with Crippen molar-refractivity contribution in [3.8, 4) is 0 Å². The van der Waals surface area contributed by atoms with E-state index >= 15 is 0 Å². The Labute approximate surface area is 94.8 Å². The number of alkyl halides is 3. The number of nitrogens with one attached hydrogen (secondary N) is 1. The van der Waals surface area contributed by atoms with Gasteiger partial charge in [0, 0.05) is 12.0 Å². The van der Waals surface area contributed by atoms with Crippen LogP contribution in [-0.2, 0) is 0 Å². The molecular weight excluding hydrogens is 217 g/mol. The van der Waals surface area contributed by atoms with Crippen molar-refractivity contribution in [2.24, 2.45) is 5.73 Å². The zero-order valence-electron chi connectivity index (χ0n) is 9.58. The Kier molecular flexibility index (Phi) is 5.05. The van der Waals surface area contributed by atoms with Crippen molar-refractivity contribution < 1.29 is 13.2 Å². The molecule has 0 spiro atoms.